The standard InChI is InChI=1S/C28H35N5O3/c1-27(2)7-5-20(6-8-27)23-17-21(28(9-13-35-14-10-28)33-11-15-36-16-12-33)3-4-24(23)32-26(34)25-30-19-22(18-29)31-25/h3-5,17,19H,6-16H2,1-2H3,(H,30,31)(H,32,34). The molecule has 0 atom stereocenters. The fourth-order valence-corrected chi connectivity index (χ4v) is 5.69. The van der Waals surface area contributed by atoms with Crippen LogP contribution in [0.15, 0.2) is 30.5 Å². The lowest BCUT2D eigenvalue weighted by Gasteiger charge is -2.48. The van der Waals surface area contributed by atoms with Crippen LogP contribution in [0.4, 0.5) is 5.69 Å². The van der Waals surface area contributed by atoms with Crippen molar-refractivity contribution in [2.45, 2.75) is 51.5 Å². The van der Waals surface area contributed by atoms with E-state index < -0.39 is 0 Å². The molecule has 2 aromatic rings. The summed E-state index contributed by atoms with van der Waals surface area (Å²) in [5, 5.41) is 12.1. The fourth-order valence-electron chi connectivity index (χ4n) is 5.69. The smallest absolute Gasteiger partial charge is 0.291 e. The van der Waals surface area contributed by atoms with E-state index >= 15 is 0 Å². The molecule has 0 radical (unpaired) electrons. The molecule has 36 heavy (non-hydrogen) atoms. The number of H-pyrrole nitrogens is 1. The van der Waals surface area contributed by atoms with Gasteiger partial charge >= 0.3 is 0 Å². The first-order valence-corrected chi connectivity index (χ1v) is 12.9. The number of anilines is 1. The van der Waals surface area contributed by atoms with Crippen LogP contribution < -0.4 is 5.32 Å². The molecule has 2 fully saturated rings. The van der Waals surface area contributed by atoms with Crippen molar-refractivity contribution >= 4 is 17.2 Å². The van der Waals surface area contributed by atoms with Crippen molar-refractivity contribution in [1.29, 1.82) is 5.26 Å². The zero-order valence-electron chi connectivity index (χ0n) is 21.2. The third-order valence-corrected chi connectivity index (χ3v) is 7.97. The van der Waals surface area contributed by atoms with Crippen molar-refractivity contribution in [3.05, 3.63) is 53.1 Å². The summed E-state index contributed by atoms with van der Waals surface area (Å²) in [6.45, 7) is 9.39. The number of aromatic amines is 1. The molecule has 0 spiro atoms. The molecular formula is C28H35N5O3. The Morgan fingerprint density at radius 3 is 2.56 bits per heavy atom. The van der Waals surface area contributed by atoms with Crippen LogP contribution in [0.25, 0.3) is 5.57 Å². The van der Waals surface area contributed by atoms with Gasteiger partial charge in [-0.25, -0.2) is 4.98 Å². The molecule has 3 aliphatic rings. The summed E-state index contributed by atoms with van der Waals surface area (Å²) in [4.78, 5) is 22.4. The molecule has 1 aliphatic carbocycles. The average Bonchev–Trinajstić information content (AvgIpc) is 3.40. The molecule has 2 saturated heterocycles. The number of nitriles is 1. The van der Waals surface area contributed by atoms with E-state index in [1.807, 2.05) is 12.1 Å². The first-order chi connectivity index (χ1) is 17.4. The Labute approximate surface area is 212 Å². The average molecular weight is 490 g/mol. The van der Waals surface area contributed by atoms with E-state index in [0.717, 1.165) is 82.9 Å². The summed E-state index contributed by atoms with van der Waals surface area (Å²) in [7, 11) is 0. The molecule has 1 aromatic carbocycles. The Hall–Kier alpha value is -2.99. The molecule has 3 heterocycles. The normalized spacial score (nSPS) is 21.9. The monoisotopic (exact) mass is 489 g/mol. The van der Waals surface area contributed by atoms with Gasteiger partial charge in [-0.15, -0.1) is 0 Å². The van der Waals surface area contributed by atoms with Crippen LogP contribution in [-0.4, -0.2) is 60.3 Å². The van der Waals surface area contributed by atoms with Gasteiger partial charge < -0.3 is 19.8 Å². The van der Waals surface area contributed by atoms with E-state index in [-0.39, 0.29) is 28.4 Å². The molecular weight excluding hydrogens is 454 g/mol. The SMILES string of the molecule is CC1(C)CC=C(c2cc(C3(N4CCOCC4)CCOCC3)ccc2NC(=O)c2ncc(C#N)[nH]2)CC1. The highest BCUT2D eigenvalue weighted by atomic mass is 16.5. The second-order valence-electron chi connectivity index (χ2n) is 10.8. The number of nitrogens with one attached hydrogen (secondary N) is 2. The minimum Gasteiger partial charge on any atom is -0.381 e. The summed E-state index contributed by atoms with van der Waals surface area (Å²) in [6, 6.07) is 8.48. The van der Waals surface area contributed by atoms with Crippen molar-refractivity contribution in [3.8, 4) is 6.07 Å². The Morgan fingerprint density at radius 1 is 1.14 bits per heavy atom. The van der Waals surface area contributed by atoms with Gasteiger partial charge in [0.2, 0.25) is 0 Å². The van der Waals surface area contributed by atoms with Gasteiger partial charge in [-0.3, -0.25) is 9.69 Å². The van der Waals surface area contributed by atoms with E-state index in [2.05, 4.69) is 52.2 Å². The van der Waals surface area contributed by atoms with Crippen LogP contribution in [0, 0.1) is 16.7 Å². The van der Waals surface area contributed by atoms with E-state index in [1.165, 1.54) is 17.3 Å². The van der Waals surface area contributed by atoms with Crippen LogP contribution in [0.1, 0.15) is 73.4 Å². The number of rotatable bonds is 5. The van der Waals surface area contributed by atoms with Gasteiger partial charge in [0.1, 0.15) is 11.8 Å². The predicted octanol–water partition coefficient (Wildman–Crippen LogP) is 4.47. The topological polar surface area (TPSA) is 103 Å². The number of carbonyl (C=O) groups excluding carboxylic acids is 1. The number of imidazole rings is 1. The van der Waals surface area contributed by atoms with Crippen molar-refractivity contribution in [2.75, 3.05) is 44.8 Å². The van der Waals surface area contributed by atoms with Crippen molar-refractivity contribution in [2.24, 2.45) is 5.41 Å². The number of carbonyl (C=O) groups is 1. The highest BCUT2D eigenvalue weighted by Gasteiger charge is 2.41. The van der Waals surface area contributed by atoms with Gasteiger partial charge in [0.25, 0.3) is 5.91 Å². The predicted molar refractivity (Wildman–Crippen MR) is 137 cm³/mol. The number of amides is 1. The number of morpholine rings is 1. The third-order valence-electron chi connectivity index (χ3n) is 7.97. The largest absolute Gasteiger partial charge is 0.381 e. The van der Waals surface area contributed by atoms with Crippen molar-refractivity contribution in [3.63, 3.8) is 0 Å². The molecule has 1 amide bonds. The van der Waals surface area contributed by atoms with Gasteiger partial charge in [-0.1, -0.05) is 26.0 Å². The summed E-state index contributed by atoms with van der Waals surface area (Å²) in [5.41, 5.74) is 4.83. The highest BCUT2D eigenvalue weighted by molar-refractivity contribution is 6.03. The lowest BCUT2D eigenvalue weighted by atomic mass is 9.75. The van der Waals surface area contributed by atoms with E-state index in [1.54, 1.807) is 0 Å². The second kappa shape index (κ2) is 10.2. The maximum absolute atomic E-state index is 13.0. The minimum atomic E-state index is -0.351. The number of benzene rings is 1. The second-order valence-corrected chi connectivity index (χ2v) is 10.8. The maximum atomic E-state index is 13.0. The molecule has 0 saturated carbocycles. The molecule has 190 valence electrons. The molecule has 8 nitrogen and oxygen atoms in total. The van der Waals surface area contributed by atoms with Gasteiger partial charge in [0.15, 0.2) is 5.82 Å². The highest BCUT2D eigenvalue weighted by Crippen LogP contribution is 2.44. The summed E-state index contributed by atoms with van der Waals surface area (Å²) < 4.78 is 11.4. The zero-order valence-corrected chi connectivity index (χ0v) is 21.2. The summed E-state index contributed by atoms with van der Waals surface area (Å²) in [5.74, 6) is -0.217. The van der Waals surface area contributed by atoms with Gasteiger partial charge in [-0.05, 0) is 60.8 Å². The van der Waals surface area contributed by atoms with E-state index in [4.69, 9.17) is 14.7 Å². The summed E-state index contributed by atoms with van der Waals surface area (Å²) >= 11 is 0. The minimum absolute atomic E-state index is 0.101. The lowest BCUT2D eigenvalue weighted by Crippen LogP contribution is -2.54. The number of allylic oxidation sites excluding steroid dienone is 2. The Morgan fingerprint density at radius 2 is 1.89 bits per heavy atom. The molecule has 2 N–H and O–H groups in total. The third kappa shape index (κ3) is 4.96. The van der Waals surface area contributed by atoms with Crippen molar-refractivity contribution < 1.29 is 14.3 Å². The zero-order chi connectivity index (χ0) is 25.2. The number of ether oxygens (including phenoxy) is 2. The van der Waals surface area contributed by atoms with Gasteiger partial charge in [-0.2, -0.15) is 5.26 Å². The number of nitrogens with zero attached hydrogens (tertiary/aromatic N) is 3. The number of aromatic nitrogens is 2. The van der Waals surface area contributed by atoms with Gasteiger partial charge in [0, 0.05) is 37.6 Å². The van der Waals surface area contributed by atoms with Crippen LogP contribution >= 0.6 is 0 Å². The Bertz CT molecular complexity index is 1180. The van der Waals surface area contributed by atoms with Gasteiger partial charge in [0.05, 0.1) is 24.9 Å². The lowest BCUT2D eigenvalue weighted by molar-refractivity contribution is -0.0746. The molecule has 0 unspecified atom stereocenters. The maximum Gasteiger partial charge on any atom is 0.291 e. The first kappa shape index (κ1) is 24.7. The number of hydrogen-bond donors (Lipinski definition) is 2. The van der Waals surface area contributed by atoms with Crippen LogP contribution in [-0.2, 0) is 15.0 Å². The quantitative estimate of drug-likeness (QED) is 0.643. The number of hydrogen-bond acceptors (Lipinski definition) is 6. The Kier molecular flexibility index (Phi) is 6.98. The van der Waals surface area contributed by atoms with E-state index in [0.29, 0.717) is 0 Å². The molecule has 8 heteroatoms. The fraction of sp³-hybridized carbons (Fsp3) is 0.536. The molecule has 2 aliphatic heterocycles. The molecule has 1 aromatic heterocycles. The first-order valence-electron chi connectivity index (χ1n) is 12.9. The molecule has 5 rings (SSSR count). The van der Waals surface area contributed by atoms with Crippen LogP contribution in [0.5, 0.6) is 0 Å². The molecule has 0 bridgehead atoms. The Balaban J connectivity index is 1.53. The van der Waals surface area contributed by atoms with Crippen molar-refractivity contribution in [1.82, 2.24) is 14.9 Å². The summed E-state index contributed by atoms with van der Waals surface area (Å²) in [6.07, 6.45) is 8.66. The van der Waals surface area contributed by atoms with Crippen LogP contribution in [0.3, 0.4) is 0 Å². The van der Waals surface area contributed by atoms with Crippen LogP contribution in [0.2, 0.25) is 0 Å². The van der Waals surface area contributed by atoms with E-state index in [9.17, 15) is 4.79 Å².